The molecule has 1 unspecified atom stereocenters. The average Bonchev–Trinajstić information content (AvgIpc) is 2.59. The number of hydrogen-bond donors (Lipinski definition) is 0. The maximum atomic E-state index is 11.9. The molecule has 0 aromatic carbocycles. The van der Waals surface area contributed by atoms with E-state index in [-0.39, 0.29) is 5.92 Å². The second-order valence-electron chi connectivity index (χ2n) is 6.48. The van der Waals surface area contributed by atoms with Crippen LogP contribution in [0.25, 0.3) is 0 Å². The van der Waals surface area contributed by atoms with Crippen molar-refractivity contribution in [1.82, 2.24) is 0 Å². The fourth-order valence-electron chi connectivity index (χ4n) is 3.30. The SMILES string of the molecule is CC(=NCC(C)C)C1C(=O)C[C@@H]2[C@H]1C2(C)C. The molecule has 90 valence electrons. The molecular weight excluding hydrogens is 198 g/mol. The number of Topliss-reactive ketones (excluding diaryl/α,β-unsaturated/α-hetero) is 1. The Morgan fingerprint density at radius 1 is 1.50 bits per heavy atom. The Labute approximate surface area is 98.5 Å². The van der Waals surface area contributed by atoms with Gasteiger partial charge in [0.2, 0.25) is 0 Å². The zero-order valence-corrected chi connectivity index (χ0v) is 11.1. The molecule has 2 heteroatoms. The molecule has 0 radical (unpaired) electrons. The molecule has 3 atom stereocenters. The van der Waals surface area contributed by atoms with Crippen molar-refractivity contribution >= 4 is 11.5 Å². The van der Waals surface area contributed by atoms with E-state index in [0.29, 0.717) is 29.0 Å². The standard InChI is InChI=1S/C14H23NO/c1-8(2)7-15-9(3)12-11(16)6-10-13(12)14(10,4)5/h8,10,12-13H,6-7H2,1-5H3/t10-,12?,13-/m1/s1. The smallest absolute Gasteiger partial charge is 0.142 e. The highest BCUT2D eigenvalue weighted by molar-refractivity contribution is 6.07. The topological polar surface area (TPSA) is 29.4 Å². The summed E-state index contributed by atoms with van der Waals surface area (Å²) in [4.78, 5) is 16.5. The van der Waals surface area contributed by atoms with E-state index in [1.54, 1.807) is 0 Å². The van der Waals surface area contributed by atoms with Gasteiger partial charge in [0.25, 0.3) is 0 Å². The Morgan fingerprint density at radius 3 is 2.62 bits per heavy atom. The highest BCUT2D eigenvalue weighted by Gasteiger charge is 2.67. The second-order valence-corrected chi connectivity index (χ2v) is 6.48. The average molecular weight is 221 g/mol. The molecule has 0 aliphatic heterocycles. The Bertz CT molecular complexity index is 341. The van der Waals surface area contributed by atoms with Crippen molar-refractivity contribution < 1.29 is 4.79 Å². The molecule has 0 aromatic heterocycles. The molecule has 0 bridgehead atoms. The van der Waals surface area contributed by atoms with Crippen molar-refractivity contribution in [1.29, 1.82) is 0 Å². The first-order valence-corrected chi connectivity index (χ1v) is 6.39. The van der Waals surface area contributed by atoms with E-state index in [1.807, 2.05) is 6.92 Å². The summed E-state index contributed by atoms with van der Waals surface area (Å²) in [5.41, 5.74) is 1.46. The lowest BCUT2D eigenvalue weighted by Crippen LogP contribution is -2.24. The van der Waals surface area contributed by atoms with Crippen molar-refractivity contribution in [2.24, 2.45) is 34.1 Å². The summed E-state index contributed by atoms with van der Waals surface area (Å²) in [6.45, 7) is 11.8. The van der Waals surface area contributed by atoms with Gasteiger partial charge in [0.05, 0.1) is 5.92 Å². The minimum absolute atomic E-state index is 0.138. The number of fused-ring (bicyclic) bond motifs is 1. The quantitative estimate of drug-likeness (QED) is 0.674. The lowest BCUT2D eigenvalue weighted by molar-refractivity contribution is -0.120. The molecule has 2 fully saturated rings. The summed E-state index contributed by atoms with van der Waals surface area (Å²) in [6.07, 6.45) is 0.789. The Balaban J connectivity index is 2.09. The third-order valence-electron chi connectivity index (χ3n) is 4.42. The fraction of sp³-hybridized carbons (Fsp3) is 0.857. The van der Waals surface area contributed by atoms with Crippen LogP contribution in [0.5, 0.6) is 0 Å². The molecule has 0 saturated heterocycles. The van der Waals surface area contributed by atoms with Crippen LogP contribution in [-0.4, -0.2) is 18.0 Å². The summed E-state index contributed by atoms with van der Waals surface area (Å²) in [7, 11) is 0. The third kappa shape index (κ3) is 1.72. The van der Waals surface area contributed by atoms with Crippen LogP contribution in [0.1, 0.15) is 41.0 Å². The molecule has 2 saturated carbocycles. The first-order chi connectivity index (χ1) is 7.35. The van der Waals surface area contributed by atoms with E-state index < -0.39 is 0 Å². The predicted octanol–water partition coefficient (Wildman–Crippen LogP) is 2.96. The largest absolute Gasteiger partial charge is 0.299 e. The molecule has 16 heavy (non-hydrogen) atoms. The van der Waals surface area contributed by atoms with Crippen molar-refractivity contribution in [3.63, 3.8) is 0 Å². The predicted molar refractivity (Wildman–Crippen MR) is 66.7 cm³/mol. The third-order valence-corrected chi connectivity index (χ3v) is 4.42. The van der Waals surface area contributed by atoms with Crippen molar-refractivity contribution in [2.45, 2.75) is 41.0 Å². The molecule has 2 nitrogen and oxygen atoms in total. The van der Waals surface area contributed by atoms with Crippen LogP contribution in [0.4, 0.5) is 0 Å². The van der Waals surface area contributed by atoms with Gasteiger partial charge in [-0.05, 0) is 30.1 Å². The lowest BCUT2D eigenvalue weighted by atomic mass is 9.89. The van der Waals surface area contributed by atoms with Gasteiger partial charge in [-0.25, -0.2) is 0 Å². The van der Waals surface area contributed by atoms with Crippen molar-refractivity contribution in [2.75, 3.05) is 6.54 Å². The van der Waals surface area contributed by atoms with Crippen LogP contribution < -0.4 is 0 Å². The summed E-state index contributed by atoms with van der Waals surface area (Å²) < 4.78 is 0. The first kappa shape index (κ1) is 11.8. The molecule has 2 aliphatic rings. The number of carbonyl (C=O) groups is 1. The molecular formula is C14H23NO. The Morgan fingerprint density at radius 2 is 2.12 bits per heavy atom. The zero-order chi connectivity index (χ0) is 12.1. The van der Waals surface area contributed by atoms with E-state index in [9.17, 15) is 4.79 Å². The maximum absolute atomic E-state index is 11.9. The molecule has 0 aromatic rings. The molecule has 0 spiro atoms. The number of aliphatic imine (C=N–C) groups is 1. The summed E-state index contributed by atoms with van der Waals surface area (Å²) in [5.74, 6) is 2.36. The van der Waals surface area contributed by atoms with Crippen LogP contribution >= 0.6 is 0 Å². The van der Waals surface area contributed by atoms with Crippen molar-refractivity contribution in [3.8, 4) is 0 Å². The monoisotopic (exact) mass is 221 g/mol. The van der Waals surface area contributed by atoms with Gasteiger partial charge in [-0.2, -0.15) is 0 Å². The van der Waals surface area contributed by atoms with Crippen LogP contribution in [0, 0.1) is 29.1 Å². The van der Waals surface area contributed by atoms with Crippen LogP contribution in [-0.2, 0) is 4.79 Å². The van der Waals surface area contributed by atoms with Gasteiger partial charge in [0.15, 0.2) is 0 Å². The highest BCUT2D eigenvalue weighted by atomic mass is 16.1. The first-order valence-electron chi connectivity index (χ1n) is 6.39. The second kappa shape index (κ2) is 3.68. The molecule has 0 amide bonds. The summed E-state index contributed by atoms with van der Waals surface area (Å²) in [5, 5.41) is 0. The number of rotatable bonds is 3. The molecule has 2 aliphatic carbocycles. The van der Waals surface area contributed by atoms with Gasteiger partial charge in [-0.1, -0.05) is 27.7 Å². The molecule has 2 rings (SSSR count). The number of hydrogen-bond acceptors (Lipinski definition) is 2. The van der Waals surface area contributed by atoms with Gasteiger partial charge in [0.1, 0.15) is 5.78 Å². The molecule has 0 heterocycles. The summed E-state index contributed by atoms with van der Waals surface area (Å²) >= 11 is 0. The van der Waals surface area contributed by atoms with Crippen molar-refractivity contribution in [3.05, 3.63) is 0 Å². The van der Waals surface area contributed by atoms with Gasteiger partial charge in [0, 0.05) is 18.7 Å². The number of ketones is 1. The van der Waals surface area contributed by atoms with Gasteiger partial charge in [-0.15, -0.1) is 0 Å². The van der Waals surface area contributed by atoms with E-state index in [0.717, 1.165) is 18.7 Å². The molecule has 0 N–H and O–H groups in total. The minimum atomic E-state index is 0.138. The van der Waals surface area contributed by atoms with E-state index in [2.05, 4.69) is 32.7 Å². The number of nitrogens with zero attached hydrogens (tertiary/aromatic N) is 1. The van der Waals surface area contributed by atoms with E-state index in [1.165, 1.54) is 0 Å². The van der Waals surface area contributed by atoms with Crippen LogP contribution in [0.3, 0.4) is 0 Å². The Kier molecular flexibility index (Phi) is 2.72. The van der Waals surface area contributed by atoms with Crippen LogP contribution in [0.15, 0.2) is 4.99 Å². The van der Waals surface area contributed by atoms with Crippen LogP contribution in [0.2, 0.25) is 0 Å². The van der Waals surface area contributed by atoms with Gasteiger partial charge < -0.3 is 0 Å². The minimum Gasteiger partial charge on any atom is -0.299 e. The van der Waals surface area contributed by atoms with E-state index in [4.69, 9.17) is 0 Å². The maximum Gasteiger partial charge on any atom is 0.142 e. The van der Waals surface area contributed by atoms with Gasteiger partial charge >= 0.3 is 0 Å². The van der Waals surface area contributed by atoms with E-state index >= 15 is 0 Å². The summed E-state index contributed by atoms with van der Waals surface area (Å²) in [6, 6.07) is 0. The highest BCUT2D eigenvalue weighted by Crippen LogP contribution is 2.68. The number of carbonyl (C=O) groups excluding carboxylic acids is 1. The Hall–Kier alpha value is -0.660. The zero-order valence-electron chi connectivity index (χ0n) is 11.1. The normalized spacial score (nSPS) is 36.8. The van der Waals surface area contributed by atoms with Gasteiger partial charge in [-0.3, -0.25) is 9.79 Å². The lowest BCUT2D eigenvalue weighted by Gasteiger charge is -2.16. The fourth-order valence-corrected chi connectivity index (χ4v) is 3.30.